The van der Waals surface area contributed by atoms with Crippen molar-refractivity contribution in [3.8, 4) is 5.69 Å². The first-order chi connectivity index (χ1) is 13.3. The second-order valence-electron chi connectivity index (χ2n) is 6.26. The van der Waals surface area contributed by atoms with E-state index in [-0.39, 0.29) is 18.3 Å². The maximum Gasteiger partial charge on any atom is 0.416 e. The molecule has 0 spiro atoms. The smallest absolute Gasteiger partial charge is 0.333 e. The summed E-state index contributed by atoms with van der Waals surface area (Å²) in [6.07, 6.45) is -1.91. The van der Waals surface area contributed by atoms with Crippen LogP contribution >= 0.6 is 0 Å². The number of hydrogen-bond acceptors (Lipinski definition) is 3. The lowest BCUT2D eigenvalue weighted by molar-refractivity contribution is -0.682. The molecule has 3 aromatic rings. The van der Waals surface area contributed by atoms with Crippen LogP contribution in [0.2, 0.25) is 0 Å². The Kier molecular flexibility index (Phi) is 5.74. The van der Waals surface area contributed by atoms with E-state index < -0.39 is 17.6 Å². The van der Waals surface area contributed by atoms with Gasteiger partial charge >= 0.3 is 6.18 Å². The van der Waals surface area contributed by atoms with E-state index in [1.165, 1.54) is 23.4 Å². The summed E-state index contributed by atoms with van der Waals surface area (Å²) in [5.74, 6) is -0.413. The van der Waals surface area contributed by atoms with Crippen LogP contribution in [0.1, 0.15) is 24.1 Å². The van der Waals surface area contributed by atoms with Crippen LogP contribution in [0, 0.1) is 0 Å². The number of hydrogen-bond donors (Lipinski definition) is 2. The first-order valence-electron chi connectivity index (χ1n) is 8.59. The average Bonchev–Trinajstić information content (AvgIpc) is 3.20. The molecule has 0 saturated heterocycles. The molecule has 0 saturated carbocycles. The third kappa shape index (κ3) is 4.74. The fraction of sp³-hybridized carbons (Fsp3) is 0.211. The Bertz CT molecular complexity index is 926. The number of anilines is 1. The highest BCUT2D eigenvalue weighted by Gasteiger charge is 2.31. The van der Waals surface area contributed by atoms with Crippen LogP contribution in [0.4, 0.5) is 18.9 Å². The summed E-state index contributed by atoms with van der Waals surface area (Å²) in [6, 6.07) is 12.8. The summed E-state index contributed by atoms with van der Waals surface area (Å²) < 4.78 is 40.5. The molecule has 3 N–H and O–H groups in total. The van der Waals surface area contributed by atoms with Crippen molar-refractivity contribution < 1.29 is 23.3 Å². The molecule has 3 rings (SSSR count). The Morgan fingerprint density at radius 3 is 2.61 bits per heavy atom. The summed E-state index contributed by atoms with van der Waals surface area (Å²) in [5.41, 5.74) is 0.520. The number of carbonyl (C=O) groups excluding carboxylic acids is 1. The number of amides is 1. The Balaban J connectivity index is 1.75. The first-order valence-corrected chi connectivity index (χ1v) is 8.59. The zero-order chi connectivity index (χ0) is 20.1. The molecule has 0 fully saturated rings. The molecule has 2 aromatic carbocycles. The van der Waals surface area contributed by atoms with Gasteiger partial charge in [-0.3, -0.25) is 4.79 Å². The Morgan fingerprint density at radius 2 is 1.96 bits per heavy atom. The maximum atomic E-state index is 13.1. The Morgan fingerprint density at radius 1 is 1.21 bits per heavy atom. The minimum absolute atomic E-state index is 0.0195. The van der Waals surface area contributed by atoms with Gasteiger partial charge in [0.05, 0.1) is 16.9 Å². The van der Waals surface area contributed by atoms with E-state index in [4.69, 9.17) is 0 Å². The predicted octanol–water partition coefficient (Wildman–Crippen LogP) is 2.55. The molecule has 1 atom stereocenters. The number of quaternary nitrogens is 1. The standard InChI is InChI=1S/C19H18F3N5O/c1-13(14-5-3-2-4-6-14)24-10-18(28)26-16-9-15(19(20,21)22)7-8-17(16)27-12-23-11-25-27/h2-9,11-13,24H,10H2,1H3,(H,26,28)/p+1/t13-/m0/s1. The number of alkyl halides is 3. The summed E-state index contributed by atoms with van der Waals surface area (Å²) in [6.45, 7) is 2.01. The molecule has 1 aromatic heterocycles. The van der Waals surface area contributed by atoms with E-state index in [2.05, 4.69) is 15.4 Å². The normalized spacial score (nSPS) is 12.6. The van der Waals surface area contributed by atoms with Gasteiger partial charge in [0.1, 0.15) is 18.7 Å². The van der Waals surface area contributed by atoms with Crippen LogP contribution in [-0.2, 0) is 11.0 Å². The lowest BCUT2D eigenvalue weighted by Gasteiger charge is -2.15. The SMILES string of the molecule is C[C@H]([NH2+]CC(=O)Nc1cc(C(F)(F)F)ccc1-n1cncn1)c1ccccc1. The van der Waals surface area contributed by atoms with E-state index in [0.29, 0.717) is 5.69 Å². The number of nitrogens with two attached hydrogens (primary N) is 1. The fourth-order valence-electron chi connectivity index (χ4n) is 2.72. The maximum absolute atomic E-state index is 13.1. The molecule has 28 heavy (non-hydrogen) atoms. The third-order valence-electron chi connectivity index (χ3n) is 4.25. The van der Waals surface area contributed by atoms with E-state index >= 15 is 0 Å². The van der Waals surface area contributed by atoms with Crippen LogP contribution in [0.15, 0.2) is 61.2 Å². The summed E-state index contributed by atoms with van der Waals surface area (Å²) >= 11 is 0. The molecule has 1 amide bonds. The van der Waals surface area contributed by atoms with Gasteiger partial charge in [0.25, 0.3) is 5.91 Å². The highest BCUT2D eigenvalue weighted by molar-refractivity contribution is 5.93. The summed E-state index contributed by atoms with van der Waals surface area (Å²) in [5, 5.41) is 8.30. The summed E-state index contributed by atoms with van der Waals surface area (Å²) in [4.78, 5) is 16.2. The van der Waals surface area contributed by atoms with E-state index in [1.807, 2.05) is 42.6 Å². The molecule has 146 valence electrons. The minimum atomic E-state index is -4.52. The number of nitrogens with zero attached hydrogens (tertiary/aromatic N) is 3. The zero-order valence-corrected chi connectivity index (χ0v) is 15.0. The van der Waals surface area contributed by atoms with E-state index in [9.17, 15) is 18.0 Å². The molecular formula is C19H19F3N5O+. The largest absolute Gasteiger partial charge is 0.416 e. The van der Waals surface area contributed by atoms with Gasteiger partial charge in [0, 0.05) is 5.56 Å². The Hall–Kier alpha value is -3.20. The lowest BCUT2D eigenvalue weighted by Crippen LogP contribution is -2.86. The average molecular weight is 390 g/mol. The van der Waals surface area contributed by atoms with Gasteiger partial charge in [0.15, 0.2) is 6.54 Å². The van der Waals surface area contributed by atoms with Crippen molar-refractivity contribution in [3.63, 3.8) is 0 Å². The number of benzene rings is 2. The lowest BCUT2D eigenvalue weighted by atomic mass is 10.1. The van der Waals surface area contributed by atoms with Crippen LogP contribution in [0.3, 0.4) is 0 Å². The molecule has 0 bridgehead atoms. The first kappa shape index (κ1) is 19.6. The monoisotopic (exact) mass is 390 g/mol. The second-order valence-corrected chi connectivity index (χ2v) is 6.26. The van der Waals surface area contributed by atoms with Gasteiger partial charge in [-0.15, -0.1) is 0 Å². The molecule has 9 heteroatoms. The molecule has 0 radical (unpaired) electrons. The number of rotatable bonds is 6. The topological polar surface area (TPSA) is 76.4 Å². The number of halogens is 3. The van der Waals surface area contributed by atoms with Crippen molar-refractivity contribution in [2.75, 3.05) is 11.9 Å². The van der Waals surface area contributed by atoms with Gasteiger partial charge < -0.3 is 10.6 Å². The highest BCUT2D eigenvalue weighted by Crippen LogP contribution is 2.33. The van der Waals surface area contributed by atoms with E-state index in [1.54, 1.807) is 0 Å². The van der Waals surface area contributed by atoms with Crippen molar-refractivity contribution in [2.45, 2.75) is 19.1 Å². The number of nitrogens with one attached hydrogen (secondary N) is 1. The molecule has 0 aliphatic rings. The molecule has 6 nitrogen and oxygen atoms in total. The van der Waals surface area contributed by atoms with Crippen LogP contribution < -0.4 is 10.6 Å². The molecule has 0 unspecified atom stereocenters. The molecule has 1 heterocycles. The number of aromatic nitrogens is 3. The molecule has 0 aliphatic carbocycles. The third-order valence-corrected chi connectivity index (χ3v) is 4.25. The zero-order valence-electron chi connectivity index (χ0n) is 15.0. The van der Waals surface area contributed by atoms with Crippen molar-refractivity contribution >= 4 is 11.6 Å². The van der Waals surface area contributed by atoms with Gasteiger partial charge in [-0.25, -0.2) is 9.67 Å². The predicted molar refractivity (Wildman–Crippen MR) is 96.6 cm³/mol. The highest BCUT2D eigenvalue weighted by atomic mass is 19.4. The minimum Gasteiger partial charge on any atom is -0.333 e. The van der Waals surface area contributed by atoms with Gasteiger partial charge in [-0.1, -0.05) is 30.3 Å². The second kappa shape index (κ2) is 8.22. The molecular weight excluding hydrogens is 371 g/mol. The van der Waals surface area contributed by atoms with Crippen LogP contribution in [0.25, 0.3) is 5.69 Å². The summed E-state index contributed by atoms with van der Waals surface area (Å²) in [7, 11) is 0. The van der Waals surface area contributed by atoms with Crippen molar-refractivity contribution in [1.82, 2.24) is 14.8 Å². The van der Waals surface area contributed by atoms with Crippen LogP contribution in [-0.4, -0.2) is 27.2 Å². The quantitative estimate of drug-likeness (QED) is 0.679. The Labute approximate surface area is 159 Å². The van der Waals surface area contributed by atoms with Crippen molar-refractivity contribution in [1.29, 1.82) is 0 Å². The number of carbonyl (C=O) groups is 1. The van der Waals surface area contributed by atoms with Crippen molar-refractivity contribution in [2.24, 2.45) is 0 Å². The van der Waals surface area contributed by atoms with Crippen molar-refractivity contribution in [3.05, 3.63) is 72.3 Å². The van der Waals surface area contributed by atoms with Gasteiger partial charge in [0.2, 0.25) is 0 Å². The van der Waals surface area contributed by atoms with Crippen LogP contribution in [0.5, 0.6) is 0 Å². The van der Waals surface area contributed by atoms with E-state index in [0.717, 1.165) is 17.7 Å². The molecule has 0 aliphatic heterocycles. The van der Waals surface area contributed by atoms with Gasteiger partial charge in [-0.2, -0.15) is 18.3 Å². The fourth-order valence-corrected chi connectivity index (χ4v) is 2.72. The van der Waals surface area contributed by atoms with Gasteiger partial charge in [-0.05, 0) is 25.1 Å².